The molecule has 6 nitrogen and oxygen atoms in total. The van der Waals surface area contributed by atoms with E-state index in [1.54, 1.807) is 39.0 Å². The Kier molecular flexibility index (Phi) is 4.03. The van der Waals surface area contributed by atoms with E-state index in [0.29, 0.717) is 16.7 Å². The minimum Gasteiger partial charge on any atom is -0.444 e. The summed E-state index contributed by atoms with van der Waals surface area (Å²) in [7, 11) is 0. The first-order chi connectivity index (χ1) is 9.83. The highest BCUT2D eigenvalue weighted by molar-refractivity contribution is 5.74. The lowest BCUT2D eigenvalue weighted by molar-refractivity contribution is 0.0535. The number of oxazole rings is 1. The average molecular weight is 288 g/mol. The van der Waals surface area contributed by atoms with Gasteiger partial charge in [0.2, 0.25) is 0 Å². The van der Waals surface area contributed by atoms with Gasteiger partial charge in [-0.25, -0.2) is 9.59 Å². The zero-order valence-electron chi connectivity index (χ0n) is 12.1. The molecule has 0 spiro atoms. The Morgan fingerprint density at radius 3 is 2.90 bits per heavy atom. The number of ether oxygens (including phenoxy) is 1. The fourth-order valence-corrected chi connectivity index (χ4v) is 1.60. The van der Waals surface area contributed by atoms with Gasteiger partial charge in [0.05, 0.1) is 12.1 Å². The first-order valence-corrected chi connectivity index (χ1v) is 6.42. The molecule has 0 atom stereocenters. The molecule has 1 aromatic carbocycles. The van der Waals surface area contributed by atoms with Crippen LogP contribution in [-0.2, 0) is 4.74 Å². The van der Waals surface area contributed by atoms with Crippen LogP contribution in [0.4, 0.5) is 4.79 Å². The molecule has 0 saturated heterocycles. The lowest BCUT2D eigenvalue weighted by Gasteiger charge is -2.18. The molecule has 0 bridgehead atoms. The molecule has 2 N–H and O–H groups in total. The number of hydrogen-bond acceptors (Lipinski definition) is 4. The van der Waals surface area contributed by atoms with E-state index in [9.17, 15) is 9.59 Å². The van der Waals surface area contributed by atoms with E-state index in [2.05, 4.69) is 22.1 Å². The maximum Gasteiger partial charge on any atom is 0.417 e. The van der Waals surface area contributed by atoms with Crippen LogP contribution in [0.15, 0.2) is 27.4 Å². The number of rotatable bonds is 1. The quantitative estimate of drug-likeness (QED) is 0.786. The van der Waals surface area contributed by atoms with Gasteiger partial charge in [-0.3, -0.25) is 4.98 Å². The number of aromatic amines is 1. The smallest absolute Gasteiger partial charge is 0.417 e. The standard InChI is InChI=1S/C15H16N2O4/c1-15(2,3)21-13(18)16-8-4-5-10-6-7-11-12(9-10)20-14(19)17-11/h6-7,9H,8H2,1-3H3,(H,16,18)(H,17,19). The van der Waals surface area contributed by atoms with Crippen LogP contribution < -0.4 is 11.1 Å². The fraction of sp³-hybridized carbons (Fsp3) is 0.333. The molecule has 6 heteroatoms. The molecule has 1 amide bonds. The highest BCUT2D eigenvalue weighted by atomic mass is 16.6. The molecule has 0 aliphatic carbocycles. The van der Waals surface area contributed by atoms with Crippen molar-refractivity contribution < 1.29 is 13.9 Å². The van der Waals surface area contributed by atoms with Crippen LogP contribution in [0.3, 0.4) is 0 Å². The molecule has 0 saturated carbocycles. The molecule has 2 rings (SSSR count). The first-order valence-electron chi connectivity index (χ1n) is 6.42. The van der Waals surface area contributed by atoms with E-state index in [0.717, 1.165) is 0 Å². The third-order valence-electron chi connectivity index (χ3n) is 2.37. The minimum atomic E-state index is -0.533. The number of alkyl carbamates (subject to hydrolysis) is 1. The number of amides is 1. The van der Waals surface area contributed by atoms with E-state index in [4.69, 9.17) is 9.15 Å². The van der Waals surface area contributed by atoms with Crippen LogP contribution >= 0.6 is 0 Å². The predicted octanol–water partition coefficient (Wildman–Crippen LogP) is 2.00. The molecule has 110 valence electrons. The third-order valence-corrected chi connectivity index (χ3v) is 2.37. The number of benzene rings is 1. The normalized spacial score (nSPS) is 10.8. The third kappa shape index (κ3) is 4.42. The van der Waals surface area contributed by atoms with Crippen molar-refractivity contribution in [2.45, 2.75) is 26.4 Å². The van der Waals surface area contributed by atoms with E-state index in [1.807, 2.05) is 0 Å². The Labute approximate surface area is 121 Å². The van der Waals surface area contributed by atoms with Crippen LogP contribution in [0.5, 0.6) is 0 Å². The summed E-state index contributed by atoms with van der Waals surface area (Å²) in [6, 6.07) is 5.13. The Hall–Kier alpha value is -2.68. The highest BCUT2D eigenvalue weighted by Gasteiger charge is 2.14. The topological polar surface area (TPSA) is 84.3 Å². The molecule has 0 radical (unpaired) electrons. The van der Waals surface area contributed by atoms with Crippen LogP contribution in [-0.4, -0.2) is 23.2 Å². The maximum atomic E-state index is 11.4. The van der Waals surface area contributed by atoms with Crippen molar-refractivity contribution in [1.29, 1.82) is 0 Å². The van der Waals surface area contributed by atoms with Crippen LogP contribution in [0.2, 0.25) is 0 Å². The van der Waals surface area contributed by atoms with Crippen molar-refractivity contribution in [2.75, 3.05) is 6.54 Å². The monoisotopic (exact) mass is 288 g/mol. The molecule has 0 fully saturated rings. The van der Waals surface area contributed by atoms with Gasteiger partial charge >= 0.3 is 11.8 Å². The van der Waals surface area contributed by atoms with Gasteiger partial charge < -0.3 is 14.5 Å². The number of carbonyl (C=O) groups is 1. The van der Waals surface area contributed by atoms with Crippen molar-refractivity contribution in [1.82, 2.24) is 10.3 Å². The minimum absolute atomic E-state index is 0.171. The Morgan fingerprint density at radius 2 is 2.19 bits per heavy atom. The van der Waals surface area contributed by atoms with Gasteiger partial charge in [0.25, 0.3) is 0 Å². The lowest BCUT2D eigenvalue weighted by atomic mass is 10.2. The summed E-state index contributed by atoms with van der Waals surface area (Å²) in [5.74, 6) is 5.17. The summed E-state index contributed by atoms with van der Waals surface area (Å²) in [5, 5.41) is 2.54. The number of H-pyrrole nitrogens is 1. The number of hydrogen-bond donors (Lipinski definition) is 2. The van der Waals surface area contributed by atoms with E-state index < -0.39 is 17.5 Å². The second-order valence-electron chi connectivity index (χ2n) is 5.38. The van der Waals surface area contributed by atoms with Gasteiger partial charge in [0.15, 0.2) is 5.58 Å². The number of aromatic nitrogens is 1. The fourth-order valence-electron chi connectivity index (χ4n) is 1.60. The Morgan fingerprint density at radius 1 is 1.43 bits per heavy atom. The Balaban J connectivity index is 1.95. The van der Waals surface area contributed by atoms with E-state index in [-0.39, 0.29) is 6.54 Å². The van der Waals surface area contributed by atoms with Crippen molar-refractivity contribution in [3.63, 3.8) is 0 Å². The number of carbonyl (C=O) groups excluding carboxylic acids is 1. The van der Waals surface area contributed by atoms with Gasteiger partial charge in [-0.15, -0.1) is 0 Å². The van der Waals surface area contributed by atoms with Gasteiger partial charge in [-0.2, -0.15) is 0 Å². The molecular formula is C15H16N2O4. The SMILES string of the molecule is CC(C)(C)OC(=O)NCC#Cc1ccc2[nH]c(=O)oc2c1. The maximum absolute atomic E-state index is 11.4. The van der Waals surface area contributed by atoms with Crippen molar-refractivity contribution in [2.24, 2.45) is 0 Å². The molecule has 0 aliphatic rings. The largest absolute Gasteiger partial charge is 0.444 e. The zero-order valence-corrected chi connectivity index (χ0v) is 12.1. The lowest BCUT2D eigenvalue weighted by Crippen LogP contribution is -2.32. The summed E-state index contributed by atoms with van der Waals surface area (Å²) in [5.41, 5.74) is 1.23. The van der Waals surface area contributed by atoms with Crippen LogP contribution in [0.25, 0.3) is 11.1 Å². The summed E-state index contributed by atoms with van der Waals surface area (Å²) < 4.78 is 10.0. The van der Waals surface area contributed by atoms with Gasteiger partial charge in [0, 0.05) is 5.56 Å². The number of nitrogens with one attached hydrogen (secondary N) is 2. The van der Waals surface area contributed by atoms with Gasteiger partial charge in [-0.05, 0) is 39.0 Å². The summed E-state index contributed by atoms with van der Waals surface area (Å²) in [4.78, 5) is 25.0. The van der Waals surface area contributed by atoms with Crippen molar-refractivity contribution in [3.8, 4) is 11.8 Å². The zero-order chi connectivity index (χ0) is 15.5. The molecule has 0 unspecified atom stereocenters. The second-order valence-corrected chi connectivity index (χ2v) is 5.38. The summed E-state index contributed by atoms with van der Waals surface area (Å²) >= 11 is 0. The van der Waals surface area contributed by atoms with Gasteiger partial charge in [-0.1, -0.05) is 11.8 Å². The molecule has 2 aromatic rings. The second kappa shape index (κ2) is 5.75. The molecule has 1 heterocycles. The first kappa shape index (κ1) is 14.7. The summed E-state index contributed by atoms with van der Waals surface area (Å²) in [6.07, 6.45) is -0.510. The highest BCUT2D eigenvalue weighted by Crippen LogP contribution is 2.11. The van der Waals surface area contributed by atoms with Crippen molar-refractivity contribution in [3.05, 3.63) is 34.3 Å². The van der Waals surface area contributed by atoms with Gasteiger partial charge in [0.1, 0.15) is 5.60 Å². The molecule has 1 aromatic heterocycles. The summed E-state index contributed by atoms with van der Waals surface area (Å²) in [6.45, 7) is 5.54. The van der Waals surface area contributed by atoms with Crippen LogP contribution in [0.1, 0.15) is 26.3 Å². The number of fused-ring (bicyclic) bond motifs is 1. The van der Waals surface area contributed by atoms with E-state index >= 15 is 0 Å². The van der Waals surface area contributed by atoms with Crippen molar-refractivity contribution >= 4 is 17.2 Å². The molecule has 0 aliphatic heterocycles. The molecule has 21 heavy (non-hydrogen) atoms. The van der Waals surface area contributed by atoms with E-state index in [1.165, 1.54) is 0 Å². The Bertz CT molecular complexity index is 769. The molecular weight excluding hydrogens is 272 g/mol. The van der Waals surface area contributed by atoms with Crippen LogP contribution in [0, 0.1) is 11.8 Å². The average Bonchev–Trinajstić information content (AvgIpc) is 2.71. The predicted molar refractivity (Wildman–Crippen MR) is 77.9 cm³/mol.